The van der Waals surface area contributed by atoms with Crippen molar-refractivity contribution in [1.82, 2.24) is 0 Å². The molecule has 9 nitrogen and oxygen atoms in total. The molecule has 0 aromatic rings. The first kappa shape index (κ1) is 27.7. The number of esters is 1. The molecule has 0 aromatic heterocycles. The minimum Gasteiger partial charge on any atom is -0.454 e. The van der Waals surface area contributed by atoms with Gasteiger partial charge >= 0.3 is 5.97 Å². The Balaban J connectivity index is 1.96. The first-order valence-electron chi connectivity index (χ1n) is 13.1. The van der Waals surface area contributed by atoms with Crippen LogP contribution in [0.15, 0.2) is 11.1 Å². The standard InChI is InChI=1S/C27H43NO8/c1-12-16(8-17(30)14(3)28)10-27(34)13(2)22-25(7,23(33)21(32)20(12)24(27,5)6)18(31)9-19-26(22,11-35-19)36-15(4)29/h13-14,16-19,21-22,30-32,34H,8-11,28H2,1-7H3. The maximum atomic E-state index is 14.2. The highest BCUT2D eigenvalue weighted by molar-refractivity contribution is 5.93. The van der Waals surface area contributed by atoms with Crippen molar-refractivity contribution in [3.05, 3.63) is 11.1 Å². The molecule has 36 heavy (non-hydrogen) atoms. The van der Waals surface area contributed by atoms with Gasteiger partial charge in [-0.05, 0) is 51.0 Å². The highest BCUT2D eigenvalue weighted by Crippen LogP contribution is 2.65. The molecule has 3 fully saturated rings. The molecule has 3 aliphatic carbocycles. The van der Waals surface area contributed by atoms with Gasteiger partial charge in [-0.15, -0.1) is 0 Å². The van der Waals surface area contributed by atoms with Crippen LogP contribution in [0.5, 0.6) is 0 Å². The number of fused-ring (bicyclic) bond motifs is 5. The van der Waals surface area contributed by atoms with Gasteiger partial charge in [0, 0.05) is 30.7 Å². The average Bonchev–Trinajstić information content (AvgIpc) is 2.76. The van der Waals surface area contributed by atoms with E-state index in [0.717, 1.165) is 5.57 Å². The number of aliphatic hydroxyl groups is 4. The summed E-state index contributed by atoms with van der Waals surface area (Å²) in [5, 5.41) is 46.2. The van der Waals surface area contributed by atoms with E-state index < -0.39 is 76.1 Å². The Morgan fingerprint density at radius 2 is 1.89 bits per heavy atom. The number of allylic oxidation sites excluding steroid dienone is 1. The Bertz CT molecular complexity index is 977. The maximum absolute atomic E-state index is 14.2. The lowest BCUT2D eigenvalue weighted by Gasteiger charge is -2.68. The van der Waals surface area contributed by atoms with Crippen molar-refractivity contribution < 1.29 is 39.5 Å². The second-order valence-corrected chi connectivity index (χ2v) is 12.6. The van der Waals surface area contributed by atoms with Gasteiger partial charge in [-0.2, -0.15) is 0 Å². The molecule has 0 radical (unpaired) electrons. The first-order chi connectivity index (χ1) is 16.5. The van der Waals surface area contributed by atoms with Crippen molar-refractivity contribution in [1.29, 1.82) is 0 Å². The van der Waals surface area contributed by atoms with Crippen LogP contribution < -0.4 is 5.73 Å². The van der Waals surface area contributed by atoms with Crippen LogP contribution >= 0.6 is 0 Å². The fourth-order valence-electron chi connectivity index (χ4n) is 8.28. The second-order valence-electron chi connectivity index (χ2n) is 12.6. The largest absolute Gasteiger partial charge is 0.454 e. The van der Waals surface area contributed by atoms with E-state index in [9.17, 15) is 30.0 Å². The summed E-state index contributed by atoms with van der Waals surface area (Å²) in [6.07, 6.45) is -3.60. The Morgan fingerprint density at radius 3 is 2.39 bits per heavy atom. The van der Waals surface area contributed by atoms with Gasteiger partial charge in [0.05, 0.1) is 29.8 Å². The molecule has 1 saturated heterocycles. The van der Waals surface area contributed by atoms with Gasteiger partial charge in [0.25, 0.3) is 0 Å². The molecular weight excluding hydrogens is 466 g/mol. The number of hydrogen-bond acceptors (Lipinski definition) is 9. The van der Waals surface area contributed by atoms with E-state index in [0.29, 0.717) is 5.57 Å². The molecule has 6 N–H and O–H groups in total. The van der Waals surface area contributed by atoms with Gasteiger partial charge in [-0.25, -0.2) is 0 Å². The molecular formula is C27H43NO8. The zero-order chi connectivity index (χ0) is 27.2. The molecule has 11 unspecified atom stereocenters. The molecule has 1 heterocycles. The van der Waals surface area contributed by atoms with Crippen molar-refractivity contribution in [2.75, 3.05) is 6.61 Å². The van der Waals surface area contributed by atoms with E-state index in [1.54, 1.807) is 13.8 Å². The van der Waals surface area contributed by atoms with Gasteiger partial charge in [-0.1, -0.05) is 26.3 Å². The van der Waals surface area contributed by atoms with Crippen molar-refractivity contribution in [2.45, 2.75) is 109 Å². The maximum Gasteiger partial charge on any atom is 0.303 e. The number of rotatable bonds is 4. The molecule has 1 aliphatic heterocycles. The third-order valence-corrected chi connectivity index (χ3v) is 10.5. The van der Waals surface area contributed by atoms with Crippen LogP contribution in [0.25, 0.3) is 0 Å². The molecule has 204 valence electrons. The normalized spacial score (nSPS) is 47.5. The minimum absolute atomic E-state index is 0.0446. The zero-order valence-corrected chi connectivity index (χ0v) is 22.4. The molecule has 4 rings (SSSR count). The quantitative estimate of drug-likeness (QED) is 0.273. The Morgan fingerprint density at radius 1 is 1.28 bits per heavy atom. The molecule has 0 amide bonds. The number of carbonyl (C=O) groups excluding carboxylic acids is 2. The summed E-state index contributed by atoms with van der Waals surface area (Å²) in [5.74, 6) is -2.88. The number of aliphatic hydroxyl groups excluding tert-OH is 3. The van der Waals surface area contributed by atoms with Gasteiger partial charge in [0.1, 0.15) is 12.2 Å². The van der Waals surface area contributed by atoms with Crippen molar-refractivity contribution in [3.8, 4) is 0 Å². The van der Waals surface area contributed by atoms with Crippen LogP contribution in [0.2, 0.25) is 0 Å². The van der Waals surface area contributed by atoms with Crippen LogP contribution in [-0.4, -0.2) is 80.4 Å². The molecule has 4 aliphatic rings. The van der Waals surface area contributed by atoms with Gasteiger partial charge in [-0.3, -0.25) is 9.59 Å². The summed E-state index contributed by atoms with van der Waals surface area (Å²) >= 11 is 0. The van der Waals surface area contributed by atoms with E-state index in [1.807, 2.05) is 27.7 Å². The lowest BCUT2D eigenvalue weighted by atomic mass is 9.42. The fraction of sp³-hybridized carbons (Fsp3) is 0.852. The lowest BCUT2D eigenvalue weighted by molar-refractivity contribution is -0.338. The van der Waals surface area contributed by atoms with Crippen molar-refractivity contribution >= 4 is 11.8 Å². The zero-order valence-electron chi connectivity index (χ0n) is 22.4. The number of Topliss-reactive ketones (excluding diaryl/α,β-unsaturated/α-hetero) is 1. The number of carbonyl (C=O) groups is 2. The third kappa shape index (κ3) is 3.43. The summed E-state index contributed by atoms with van der Waals surface area (Å²) in [7, 11) is 0. The van der Waals surface area contributed by atoms with Crippen molar-refractivity contribution in [3.63, 3.8) is 0 Å². The van der Waals surface area contributed by atoms with Crippen LogP contribution in [0.4, 0.5) is 0 Å². The van der Waals surface area contributed by atoms with Crippen LogP contribution in [0, 0.1) is 28.6 Å². The SMILES string of the molecule is CC(=O)OC12COC1CC(O)C1(C)C(=O)C(O)C3=C(C)C(CC(O)C(C)N)CC(O)(C(C)C21)C3(C)C. The van der Waals surface area contributed by atoms with Gasteiger partial charge < -0.3 is 35.6 Å². The minimum atomic E-state index is -1.58. The lowest BCUT2D eigenvalue weighted by Crippen LogP contribution is -2.79. The highest BCUT2D eigenvalue weighted by Gasteiger charge is 2.75. The molecule has 2 saturated carbocycles. The second kappa shape index (κ2) is 8.58. The predicted octanol–water partition coefficient (Wildman–Crippen LogP) is 0.846. The summed E-state index contributed by atoms with van der Waals surface area (Å²) < 4.78 is 11.7. The Kier molecular flexibility index (Phi) is 6.59. The van der Waals surface area contributed by atoms with E-state index in [1.165, 1.54) is 6.92 Å². The van der Waals surface area contributed by atoms with E-state index in [2.05, 4.69) is 0 Å². The topological polar surface area (TPSA) is 160 Å². The van der Waals surface area contributed by atoms with E-state index in [4.69, 9.17) is 15.2 Å². The van der Waals surface area contributed by atoms with Crippen molar-refractivity contribution in [2.24, 2.45) is 34.3 Å². The third-order valence-electron chi connectivity index (χ3n) is 10.5. The molecule has 0 spiro atoms. The summed E-state index contributed by atoms with van der Waals surface area (Å²) in [4.78, 5) is 26.5. The van der Waals surface area contributed by atoms with Crippen LogP contribution in [0.1, 0.15) is 67.7 Å². The predicted molar refractivity (Wildman–Crippen MR) is 130 cm³/mol. The van der Waals surface area contributed by atoms with Gasteiger partial charge in [0.2, 0.25) is 0 Å². The Hall–Kier alpha value is -1.36. The van der Waals surface area contributed by atoms with E-state index in [-0.39, 0.29) is 31.8 Å². The molecule has 2 bridgehead atoms. The van der Waals surface area contributed by atoms with Gasteiger partial charge in [0.15, 0.2) is 11.4 Å². The molecule has 9 heteroatoms. The fourth-order valence-corrected chi connectivity index (χ4v) is 8.28. The number of ether oxygens (including phenoxy) is 2. The number of nitrogens with two attached hydrogens (primary N) is 1. The molecule has 11 atom stereocenters. The van der Waals surface area contributed by atoms with E-state index >= 15 is 0 Å². The smallest absolute Gasteiger partial charge is 0.303 e. The first-order valence-corrected chi connectivity index (χ1v) is 13.1. The number of ketones is 1. The average molecular weight is 510 g/mol. The summed E-state index contributed by atoms with van der Waals surface area (Å²) in [5.41, 5.74) is 1.91. The summed E-state index contributed by atoms with van der Waals surface area (Å²) in [6.45, 7) is 12.0. The summed E-state index contributed by atoms with van der Waals surface area (Å²) in [6, 6.07) is -0.488. The Labute approximate surface area is 213 Å². The van der Waals surface area contributed by atoms with Crippen LogP contribution in [-0.2, 0) is 19.1 Å². The number of hydrogen-bond donors (Lipinski definition) is 5. The van der Waals surface area contributed by atoms with Crippen LogP contribution in [0.3, 0.4) is 0 Å². The monoisotopic (exact) mass is 509 g/mol. The molecule has 0 aromatic carbocycles. The highest BCUT2D eigenvalue weighted by atomic mass is 16.6.